The summed E-state index contributed by atoms with van der Waals surface area (Å²) in [6, 6.07) is 9.05. The zero-order valence-corrected chi connectivity index (χ0v) is 14.5. The first-order chi connectivity index (χ1) is 11.3. The number of pyridine rings is 1. The predicted octanol–water partition coefficient (Wildman–Crippen LogP) is 3.47. The van der Waals surface area contributed by atoms with E-state index in [1.54, 1.807) is 0 Å². The molecule has 2 aliphatic carbocycles. The number of benzene rings is 1. The molecule has 0 unspecified atom stereocenters. The number of carbonyl (C=O) groups is 1. The second kappa shape index (κ2) is 4.95. The quantitative estimate of drug-likeness (QED) is 0.888. The third kappa shape index (κ3) is 1.98. The second-order valence-electron chi connectivity index (χ2n) is 8.23. The molecule has 1 aromatic carbocycles. The fraction of sp³-hybridized carbons (Fsp3) is 0.500. The van der Waals surface area contributed by atoms with Crippen molar-refractivity contribution in [1.29, 1.82) is 0 Å². The van der Waals surface area contributed by atoms with Crippen molar-refractivity contribution in [2.75, 3.05) is 0 Å². The fourth-order valence-electron chi connectivity index (χ4n) is 5.05. The molecule has 2 aliphatic rings. The maximum absolute atomic E-state index is 12.9. The van der Waals surface area contributed by atoms with Crippen molar-refractivity contribution in [3.05, 3.63) is 46.2 Å². The third-order valence-corrected chi connectivity index (χ3v) is 7.09. The number of carbonyl (C=O) groups excluding carboxylic acids is 1. The molecule has 2 fully saturated rings. The zero-order chi connectivity index (χ0) is 17.1. The molecular formula is C20H24N2O2. The topological polar surface area (TPSA) is 62.0 Å². The monoisotopic (exact) mass is 324 g/mol. The first-order valence-electron chi connectivity index (χ1n) is 8.76. The highest BCUT2D eigenvalue weighted by Crippen LogP contribution is 2.65. The lowest BCUT2D eigenvalue weighted by Gasteiger charge is -2.39. The molecule has 4 rings (SSSR count). The number of amides is 1. The normalized spacial score (nSPS) is 30.6. The summed E-state index contributed by atoms with van der Waals surface area (Å²) in [7, 11) is 0. The van der Waals surface area contributed by atoms with Crippen molar-refractivity contribution in [1.82, 2.24) is 10.3 Å². The Morgan fingerprint density at radius 2 is 2.00 bits per heavy atom. The van der Waals surface area contributed by atoms with E-state index < -0.39 is 0 Å². The number of para-hydroxylation sites is 1. The van der Waals surface area contributed by atoms with Gasteiger partial charge in [0.25, 0.3) is 5.91 Å². The average Bonchev–Trinajstić information content (AvgIpc) is 2.87. The minimum absolute atomic E-state index is 0.129. The molecule has 0 radical (unpaired) electrons. The standard InChI is InChI=1S/C20H24N2O2/c1-19(2)12-8-9-20(19,3)16(10-12)22-18(24)14-11-17(23)21-15-7-5-4-6-13(14)15/h4-7,11-12,16H,8-10H2,1-3H3,(H,21,23)(H,22,24)/t12-,16-,20+/m1/s1. The molecule has 0 aliphatic heterocycles. The van der Waals surface area contributed by atoms with Gasteiger partial charge in [0.2, 0.25) is 5.56 Å². The van der Waals surface area contributed by atoms with E-state index in [1.165, 1.54) is 12.5 Å². The molecule has 1 amide bonds. The average molecular weight is 324 g/mol. The Hall–Kier alpha value is -2.10. The van der Waals surface area contributed by atoms with Crippen LogP contribution in [-0.2, 0) is 0 Å². The van der Waals surface area contributed by atoms with Crippen molar-refractivity contribution in [2.45, 2.75) is 46.1 Å². The summed E-state index contributed by atoms with van der Waals surface area (Å²) in [4.78, 5) is 27.6. The van der Waals surface area contributed by atoms with Crippen LogP contribution in [0.5, 0.6) is 0 Å². The molecule has 3 atom stereocenters. The minimum Gasteiger partial charge on any atom is -0.349 e. The molecule has 24 heavy (non-hydrogen) atoms. The van der Waals surface area contributed by atoms with Gasteiger partial charge in [0.05, 0.1) is 5.56 Å². The highest BCUT2D eigenvalue weighted by molar-refractivity contribution is 6.06. The summed E-state index contributed by atoms with van der Waals surface area (Å²) < 4.78 is 0. The molecule has 2 N–H and O–H groups in total. The molecule has 2 bridgehead atoms. The molecule has 0 saturated heterocycles. The van der Waals surface area contributed by atoms with Crippen LogP contribution in [-0.4, -0.2) is 16.9 Å². The Bertz CT molecular complexity index is 883. The molecule has 2 saturated carbocycles. The van der Waals surface area contributed by atoms with E-state index in [1.807, 2.05) is 24.3 Å². The van der Waals surface area contributed by atoms with Gasteiger partial charge in [-0.05, 0) is 42.1 Å². The highest BCUT2D eigenvalue weighted by Gasteiger charge is 2.61. The van der Waals surface area contributed by atoms with Crippen molar-refractivity contribution in [3.63, 3.8) is 0 Å². The van der Waals surface area contributed by atoms with E-state index in [0.29, 0.717) is 17.0 Å². The number of aromatic nitrogens is 1. The Labute approximate surface area is 141 Å². The molecular weight excluding hydrogens is 300 g/mol. The summed E-state index contributed by atoms with van der Waals surface area (Å²) in [6.45, 7) is 6.97. The lowest BCUT2D eigenvalue weighted by atomic mass is 9.69. The number of rotatable bonds is 2. The Morgan fingerprint density at radius 3 is 2.67 bits per heavy atom. The maximum Gasteiger partial charge on any atom is 0.252 e. The van der Waals surface area contributed by atoms with E-state index in [0.717, 1.165) is 18.2 Å². The SMILES string of the molecule is CC1(C)[C@@H]2CC[C@@]1(C)[C@H](NC(=O)c1cc(=O)[nH]c3ccccc13)C2. The number of nitrogens with one attached hydrogen (secondary N) is 2. The van der Waals surface area contributed by atoms with Gasteiger partial charge in [-0.25, -0.2) is 0 Å². The first kappa shape index (κ1) is 15.4. The van der Waals surface area contributed by atoms with Crippen LogP contribution in [0.4, 0.5) is 0 Å². The number of H-pyrrole nitrogens is 1. The van der Waals surface area contributed by atoms with E-state index >= 15 is 0 Å². The van der Waals surface area contributed by atoms with E-state index in [9.17, 15) is 9.59 Å². The summed E-state index contributed by atoms with van der Waals surface area (Å²) in [5.74, 6) is 0.538. The van der Waals surface area contributed by atoms with E-state index in [-0.39, 0.29) is 28.3 Å². The lowest BCUT2D eigenvalue weighted by Crippen LogP contribution is -2.47. The third-order valence-electron chi connectivity index (χ3n) is 7.09. The van der Waals surface area contributed by atoms with Gasteiger partial charge in [-0.2, -0.15) is 0 Å². The minimum atomic E-state index is -0.238. The van der Waals surface area contributed by atoms with Crippen LogP contribution in [0.2, 0.25) is 0 Å². The van der Waals surface area contributed by atoms with Crippen LogP contribution < -0.4 is 10.9 Å². The molecule has 0 spiro atoms. The van der Waals surface area contributed by atoms with Crippen LogP contribution in [0.15, 0.2) is 35.1 Å². The predicted molar refractivity (Wildman–Crippen MR) is 95.1 cm³/mol. The summed E-state index contributed by atoms with van der Waals surface area (Å²) in [5, 5.41) is 4.04. The van der Waals surface area contributed by atoms with Gasteiger partial charge in [-0.15, -0.1) is 0 Å². The molecule has 126 valence electrons. The summed E-state index contributed by atoms with van der Waals surface area (Å²) in [5.41, 5.74) is 1.32. The van der Waals surface area contributed by atoms with Gasteiger partial charge in [0.15, 0.2) is 0 Å². The number of fused-ring (bicyclic) bond motifs is 3. The van der Waals surface area contributed by atoms with Gasteiger partial charge in [-0.3, -0.25) is 9.59 Å². The van der Waals surface area contributed by atoms with E-state index in [2.05, 4.69) is 31.1 Å². The van der Waals surface area contributed by atoms with Gasteiger partial charge in [-0.1, -0.05) is 39.0 Å². The molecule has 2 aromatic rings. The lowest BCUT2D eigenvalue weighted by molar-refractivity contribution is 0.0827. The fourth-order valence-corrected chi connectivity index (χ4v) is 5.05. The van der Waals surface area contributed by atoms with Crippen molar-refractivity contribution in [2.24, 2.45) is 16.7 Å². The summed E-state index contributed by atoms with van der Waals surface area (Å²) in [6.07, 6.45) is 3.45. The molecule has 1 aromatic heterocycles. The smallest absolute Gasteiger partial charge is 0.252 e. The van der Waals surface area contributed by atoms with Crippen LogP contribution in [0.25, 0.3) is 10.9 Å². The molecule has 1 heterocycles. The maximum atomic E-state index is 12.9. The zero-order valence-electron chi connectivity index (χ0n) is 14.5. The van der Waals surface area contributed by atoms with Crippen LogP contribution in [0.1, 0.15) is 50.4 Å². The summed E-state index contributed by atoms with van der Waals surface area (Å²) >= 11 is 0. The number of aromatic amines is 1. The van der Waals surface area contributed by atoms with Crippen molar-refractivity contribution in [3.8, 4) is 0 Å². The van der Waals surface area contributed by atoms with Crippen LogP contribution in [0, 0.1) is 16.7 Å². The Balaban J connectivity index is 1.68. The first-order valence-corrected chi connectivity index (χ1v) is 8.76. The van der Waals surface area contributed by atoms with Gasteiger partial charge >= 0.3 is 0 Å². The van der Waals surface area contributed by atoms with Gasteiger partial charge < -0.3 is 10.3 Å². The highest BCUT2D eigenvalue weighted by atomic mass is 16.2. The second-order valence-corrected chi connectivity index (χ2v) is 8.23. The van der Waals surface area contributed by atoms with Crippen LogP contribution >= 0.6 is 0 Å². The van der Waals surface area contributed by atoms with Gasteiger partial charge in [0, 0.05) is 23.0 Å². The Morgan fingerprint density at radius 1 is 1.25 bits per heavy atom. The molecule has 4 nitrogen and oxygen atoms in total. The van der Waals surface area contributed by atoms with Gasteiger partial charge in [0.1, 0.15) is 0 Å². The molecule has 4 heteroatoms. The van der Waals surface area contributed by atoms with Crippen LogP contribution in [0.3, 0.4) is 0 Å². The number of hydrogen-bond donors (Lipinski definition) is 2. The largest absolute Gasteiger partial charge is 0.349 e. The number of hydrogen-bond acceptors (Lipinski definition) is 2. The van der Waals surface area contributed by atoms with E-state index in [4.69, 9.17) is 0 Å². The Kier molecular flexibility index (Phi) is 3.18. The van der Waals surface area contributed by atoms with Crippen molar-refractivity contribution >= 4 is 16.8 Å². The van der Waals surface area contributed by atoms with Crippen molar-refractivity contribution < 1.29 is 4.79 Å².